The van der Waals surface area contributed by atoms with Crippen LogP contribution in [0.3, 0.4) is 0 Å². The average molecular weight is 358 g/mol. The van der Waals surface area contributed by atoms with Crippen molar-refractivity contribution in [3.05, 3.63) is 52.8 Å². The van der Waals surface area contributed by atoms with E-state index in [0.29, 0.717) is 11.0 Å². The van der Waals surface area contributed by atoms with Crippen LogP contribution in [-0.2, 0) is 0 Å². The van der Waals surface area contributed by atoms with Gasteiger partial charge in [0.25, 0.3) is 5.91 Å². The number of nitrogens with two attached hydrogens (primary N) is 1. The minimum absolute atomic E-state index is 0.0384. The molecule has 4 rings (SSSR count). The molecule has 1 aliphatic carbocycles. The van der Waals surface area contributed by atoms with E-state index in [-0.39, 0.29) is 24.2 Å². The van der Waals surface area contributed by atoms with E-state index in [1.165, 1.54) is 0 Å². The van der Waals surface area contributed by atoms with E-state index in [9.17, 15) is 4.79 Å². The first-order chi connectivity index (χ1) is 12.1. The van der Waals surface area contributed by atoms with Crippen LogP contribution >= 0.6 is 11.6 Å². The predicted octanol–water partition coefficient (Wildman–Crippen LogP) is 2.97. The molecule has 2 heterocycles. The Labute approximate surface area is 151 Å². The summed E-state index contributed by atoms with van der Waals surface area (Å²) in [6.45, 7) is 0. The van der Waals surface area contributed by atoms with Gasteiger partial charge in [-0.3, -0.25) is 4.79 Å². The van der Waals surface area contributed by atoms with Crippen LogP contribution in [0.1, 0.15) is 47.8 Å². The molecule has 1 aliphatic heterocycles. The molecule has 0 bridgehead atoms. The van der Waals surface area contributed by atoms with Crippen LogP contribution in [-0.4, -0.2) is 32.9 Å². The van der Waals surface area contributed by atoms with E-state index >= 15 is 0 Å². The van der Waals surface area contributed by atoms with Crippen molar-refractivity contribution in [1.29, 1.82) is 0 Å². The van der Waals surface area contributed by atoms with E-state index in [2.05, 4.69) is 15.3 Å². The van der Waals surface area contributed by atoms with Gasteiger partial charge in [-0.2, -0.15) is 0 Å². The van der Waals surface area contributed by atoms with E-state index < -0.39 is 0 Å². The fraction of sp³-hybridized carbons (Fsp3) is 0.389. The van der Waals surface area contributed by atoms with Gasteiger partial charge in [0.2, 0.25) is 5.95 Å². The number of fused-ring (bicyclic) bond motifs is 1. The van der Waals surface area contributed by atoms with Gasteiger partial charge < -0.3 is 16.0 Å². The molecule has 25 heavy (non-hydrogen) atoms. The predicted molar refractivity (Wildman–Crippen MR) is 96.2 cm³/mol. The van der Waals surface area contributed by atoms with Crippen LogP contribution in [0.15, 0.2) is 36.7 Å². The molecular formula is C18H20ClN5O. The molecule has 0 spiro atoms. The maximum atomic E-state index is 12.8. The average Bonchev–Trinajstić information content (AvgIpc) is 2.89. The Kier molecular flexibility index (Phi) is 4.31. The van der Waals surface area contributed by atoms with Gasteiger partial charge in [-0.1, -0.05) is 29.8 Å². The molecule has 1 fully saturated rings. The third-order valence-electron chi connectivity index (χ3n) is 5.04. The second kappa shape index (κ2) is 6.61. The molecule has 0 saturated heterocycles. The van der Waals surface area contributed by atoms with E-state index in [1.54, 1.807) is 12.4 Å². The fourth-order valence-electron chi connectivity index (χ4n) is 3.88. The summed E-state index contributed by atoms with van der Waals surface area (Å²) in [5.74, 6) is 0.604. The first-order valence-electron chi connectivity index (χ1n) is 8.55. The number of nitrogens with zero attached hydrogens (tertiary/aromatic N) is 3. The van der Waals surface area contributed by atoms with Gasteiger partial charge in [-0.25, -0.2) is 9.97 Å². The first-order valence-corrected chi connectivity index (χ1v) is 8.92. The monoisotopic (exact) mass is 357 g/mol. The minimum Gasteiger partial charge on any atom is -0.351 e. The lowest BCUT2D eigenvalue weighted by Gasteiger charge is -2.37. The van der Waals surface area contributed by atoms with Crippen molar-refractivity contribution in [2.24, 2.45) is 5.73 Å². The zero-order valence-electron chi connectivity index (χ0n) is 13.7. The molecule has 7 heteroatoms. The molecule has 3 N–H and O–H groups in total. The number of carbonyl (C=O) groups excluding carboxylic acids is 1. The van der Waals surface area contributed by atoms with E-state index in [0.717, 1.165) is 36.8 Å². The normalized spacial score (nSPS) is 25.8. The maximum Gasteiger partial charge on any atom is 0.256 e. The summed E-state index contributed by atoms with van der Waals surface area (Å²) in [5, 5.41) is 3.87. The molecule has 3 atom stereocenters. The molecule has 6 nitrogen and oxygen atoms in total. The summed E-state index contributed by atoms with van der Waals surface area (Å²) >= 11 is 5.83. The molecular weight excluding hydrogens is 338 g/mol. The molecule has 2 aromatic rings. The summed E-state index contributed by atoms with van der Waals surface area (Å²) in [5.41, 5.74) is 8.02. The third-order valence-corrected chi connectivity index (χ3v) is 5.23. The second-order valence-electron chi connectivity index (χ2n) is 6.63. The van der Waals surface area contributed by atoms with Crippen molar-refractivity contribution >= 4 is 23.5 Å². The Balaban J connectivity index is 1.48. The number of rotatable bonds is 3. The van der Waals surface area contributed by atoms with Crippen LogP contribution in [0.5, 0.6) is 0 Å². The summed E-state index contributed by atoms with van der Waals surface area (Å²) in [6.07, 6.45) is 6.64. The van der Waals surface area contributed by atoms with Crippen molar-refractivity contribution in [1.82, 2.24) is 14.9 Å². The molecule has 130 valence electrons. The van der Waals surface area contributed by atoms with Gasteiger partial charge in [0, 0.05) is 23.2 Å². The molecule has 1 aromatic heterocycles. The molecule has 1 aromatic carbocycles. The Morgan fingerprint density at radius 1 is 1.20 bits per heavy atom. The minimum atomic E-state index is -0.362. The number of hydrogen-bond acceptors (Lipinski definition) is 5. The molecule has 1 saturated carbocycles. The lowest BCUT2D eigenvalue weighted by atomic mass is 9.90. The highest BCUT2D eigenvalue weighted by molar-refractivity contribution is 6.30. The zero-order chi connectivity index (χ0) is 17.4. The maximum absolute atomic E-state index is 12.8. The van der Waals surface area contributed by atoms with Crippen LogP contribution in [0, 0.1) is 0 Å². The Morgan fingerprint density at radius 2 is 1.96 bits per heavy atom. The van der Waals surface area contributed by atoms with Gasteiger partial charge in [-0.05, 0) is 31.7 Å². The number of aromatic nitrogens is 2. The largest absolute Gasteiger partial charge is 0.351 e. The second-order valence-corrected chi connectivity index (χ2v) is 7.07. The number of carbonyl (C=O) groups is 1. The lowest BCUT2D eigenvalue weighted by molar-refractivity contribution is 0.0570. The van der Waals surface area contributed by atoms with Gasteiger partial charge in [0.15, 0.2) is 0 Å². The Hall–Kier alpha value is -2.18. The van der Waals surface area contributed by atoms with Crippen molar-refractivity contribution < 1.29 is 4.79 Å². The SMILES string of the molecule is NC1c2ccccc2C(=O)N1[C@H]1CCC[C@@H](Nc2ncc(Cl)cn2)C1. The van der Waals surface area contributed by atoms with Crippen molar-refractivity contribution in [3.63, 3.8) is 0 Å². The van der Waals surface area contributed by atoms with Gasteiger partial charge in [0.05, 0.1) is 17.4 Å². The number of nitrogens with one attached hydrogen (secondary N) is 1. The van der Waals surface area contributed by atoms with Gasteiger partial charge in [0.1, 0.15) is 6.17 Å². The Bertz CT molecular complexity index is 781. The summed E-state index contributed by atoms with van der Waals surface area (Å²) in [6, 6.07) is 7.95. The van der Waals surface area contributed by atoms with Crippen LogP contribution < -0.4 is 11.1 Å². The quantitative estimate of drug-likeness (QED) is 0.882. The first kappa shape index (κ1) is 16.3. The van der Waals surface area contributed by atoms with Crippen LogP contribution in [0.2, 0.25) is 5.02 Å². The molecule has 1 amide bonds. The van der Waals surface area contributed by atoms with Crippen molar-refractivity contribution in [2.75, 3.05) is 5.32 Å². The highest BCUT2D eigenvalue weighted by Gasteiger charge is 2.40. The number of amides is 1. The molecule has 1 unspecified atom stereocenters. The fourth-order valence-corrected chi connectivity index (χ4v) is 3.97. The smallest absolute Gasteiger partial charge is 0.256 e. The summed E-state index contributed by atoms with van der Waals surface area (Å²) in [4.78, 5) is 23.0. The number of halogens is 1. The zero-order valence-corrected chi connectivity index (χ0v) is 14.5. The number of anilines is 1. The molecule has 0 radical (unpaired) electrons. The van der Waals surface area contributed by atoms with Crippen molar-refractivity contribution in [3.8, 4) is 0 Å². The topological polar surface area (TPSA) is 84.1 Å². The summed E-state index contributed by atoms with van der Waals surface area (Å²) in [7, 11) is 0. The van der Waals surface area contributed by atoms with Gasteiger partial charge >= 0.3 is 0 Å². The van der Waals surface area contributed by atoms with Crippen molar-refractivity contribution in [2.45, 2.75) is 43.9 Å². The van der Waals surface area contributed by atoms with Crippen LogP contribution in [0.25, 0.3) is 0 Å². The standard InChI is InChI=1S/C18H20ClN5O/c19-11-9-21-18(22-10-11)23-12-4-3-5-13(8-12)24-16(20)14-6-1-2-7-15(14)17(24)25/h1-2,6-7,9-10,12-13,16H,3-5,8,20H2,(H,21,22,23)/t12-,13+,16?/m1/s1. The molecule has 2 aliphatic rings. The third kappa shape index (κ3) is 3.07. The van der Waals surface area contributed by atoms with E-state index in [1.807, 2.05) is 29.2 Å². The summed E-state index contributed by atoms with van der Waals surface area (Å²) < 4.78 is 0. The lowest BCUT2D eigenvalue weighted by Crippen LogP contribution is -2.46. The van der Waals surface area contributed by atoms with Gasteiger partial charge in [-0.15, -0.1) is 0 Å². The van der Waals surface area contributed by atoms with E-state index in [4.69, 9.17) is 17.3 Å². The highest BCUT2D eigenvalue weighted by Crippen LogP contribution is 2.36. The van der Waals surface area contributed by atoms with Crippen LogP contribution in [0.4, 0.5) is 5.95 Å². The number of benzene rings is 1. The Morgan fingerprint density at radius 3 is 2.72 bits per heavy atom. The number of hydrogen-bond donors (Lipinski definition) is 2. The highest BCUT2D eigenvalue weighted by atomic mass is 35.5.